The van der Waals surface area contributed by atoms with Crippen molar-refractivity contribution in [2.24, 2.45) is 5.92 Å². The van der Waals surface area contributed by atoms with E-state index in [2.05, 4.69) is 9.97 Å². The lowest BCUT2D eigenvalue weighted by Crippen LogP contribution is -2.38. The van der Waals surface area contributed by atoms with E-state index in [-0.39, 0.29) is 11.5 Å². The highest BCUT2D eigenvalue weighted by Gasteiger charge is 2.25. The fourth-order valence-corrected chi connectivity index (χ4v) is 3.07. The van der Waals surface area contributed by atoms with E-state index in [0.29, 0.717) is 42.1 Å². The van der Waals surface area contributed by atoms with Crippen LogP contribution in [0.5, 0.6) is 0 Å². The van der Waals surface area contributed by atoms with E-state index < -0.39 is 5.97 Å². The third-order valence-corrected chi connectivity index (χ3v) is 4.35. The number of H-pyrrole nitrogens is 1. The Hall–Kier alpha value is -1.89. The number of carboxylic acid groups (broad SMARTS) is 1. The molecule has 19 heavy (non-hydrogen) atoms. The number of carbonyl (C=O) groups is 1. The van der Waals surface area contributed by atoms with E-state index in [0.717, 1.165) is 0 Å². The minimum atomic E-state index is -0.741. The number of fused-ring (bicyclic) bond motifs is 1. The molecule has 1 aliphatic heterocycles. The van der Waals surface area contributed by atoms with Crippen LogP contribution in [-0.2, 0) is 4.79 Å². The summed E-state index contributed by atoms with van der Waals surface area (Å²) in [5.41, 5.74) is 0.569. The fourth-order valence-electron chi connectivity index (χ4n) is 2.35. The van der Waals surface area contributed by atoms with Crippen LogP contribution in [0.1, 0.15) is 12.8 Å². The first-order valence-electron chi connectivity index (χ1n) is 6.10. The van der Waals surface area contributed by atoms with Crippen molar-refractivity contribution in [1.82, 2.24) is 9.97 Å². The summed E-state index contributed by atoms with van der Waals surface area (Å²) in [4.78, 5) is 31.9. The lowest BCUT2D eigenvalue weighted by molar-refractivity contribution is -0.142. The summed E-state index contributed by atoms with van der Waals surface area (Å²) in [5.74, 6) is -0.484. The Morgan fingerprint density at radius 1 is 1.47 bits per heavy atom. The van der Waals surface area contributed by atoms with Crippen molar-refractivity contribution in [3.63, 3.8) is 0 Å². The summed E-state index contributed by atoms with van der Waals surface area (Å²) in [6.45, 7) is 1.21. The Bertz CT molecular complexity index is 670. The molecule has 1 aliphatic rings. The SMILES string of the molecule is O=C(O)C1CCN(c2nc3ccsc3c(=O)[nH]2)CC1. The average molecular weight is 279 g/mol. The van der Waals surface area contributed by atoms with Gasteiger partial charge in [-0.25, -0.2) is 4.98 Å². The predicted octanol–water partition coefficient (Wildman–Crippen LogP) is 1.29. The maximum absolute atomic E-state index is 11.9. The molecule has 7 heteroatoms. The van der Waals surface area contributed by atoms with Crippen LogP contribution in [0.4, 0.5) is 5.95 Å². The van der Waals surface area contributed by atoms with E-state index in [9.17, 15) is 9.59 Å². The summed E-state index contributed by atoms with van der Waals surface area (Å²) in [5, 5.41) is 10.8. The first-order valence-corrected chi connectivity index (χ1v) is 6.98. The van der Waals surface area contributed by atoms with E-state index in [4.69, 9.17) is 5.11 Å². The molecule has 0 aromatic carbocycles. The smallest absolute Gasteiger partial charge is 0.306 e. The molecular formula is C12H13N3O3S. The Morgan fingerprint density at radius 2 is 2.21 bits per heavy atom. The van der Waals surface area contributed by atoms with E-state index in [1.54, 1.807) is 0 Å². The van der Waals surface area contributed by atoms with Crippen molar-refractivity contribution in [3.8, 4) is 0 Å². The molecule has 0 unspecified atom stereocenters. The van der Waals surface area contributed by atoms with Gasteiger partial charge in [0.25, 0.3) is 5.56 Å². The maximum Gasteiger partial charge on any atom is 0.306 e. The Labute approximate surface area is 112 Å². The normalized spacial score (nSPS) is 16.9. The monoisotopic (exact) mass is 279 g/mol. The minimum absolute atomic E-state index is 0.129. The molecule has 2 aromatic rings. The second-order valence-electron chi connectivity index (χ2n) is 4.62. The lowest BCUT2D eigenvalue weighted by Gasteiger charge is -2.30. The largest absolute Gasteiger partial charge is 0.481 e. The number of hydrogen-bond acceptors (Lipinski definition) is 5. The zero-order chi connectivity index (χ0) is 13.4. The second-order valence-corrected chi connectivity index (χ2v) is 5.54. The first kappa shape index (κ1) is 12.2. The number of aromatic nitrogens is 2. The highest BCUT2D eigenvalue weighted by Crippen LogP contribution is 2.22. The zero-order valence-corrected chi connectivity index (χ0v) is 10.9. The lowest BCUT2D eigenvalue weighted by atomic mass is 9.97. The molecule has 6 nitrogen and oxygen atoms in total. The number of nitrogens with one attached hydrogen (secondary N) is 1. The van der Waals surface area contributed by atoms with Crippen LogP contribution in [-0.4, -0.2) is 34.1 Å². The molecule has 100 valence electrons. The molecular weight excluding hydrogens is 266 g/mol. The number of nitrogens with zero attached hydrogens (tertiary/aromatic N) is 2. The summed E-state index contributed by atoms with van der Waals surface area (Å²) in [6, 6.07) is 1.82. The number of thiophene rings is 1. The van der Waals surface area contributed by atoms with Gasteiger partial charge in [0, 0.05) is 13.1 Å². The fraction of sp³-hybridized carbons (Fsp3) is 0.417. The van der Waals surface area contributed by atoms with Crippen molar-refractivity contribution < 1.29 is 9.90 Å². The maximum atomic E-state index is 11.9. The van der Waals surface area contributed by atoms with Crippen LogP contribution >= 0.6 is 11.3 Å². The average Bonchev–Trinajstić information content (AvgIpc) is 2.87. The van der Waals surface area contributed by atoms with Crippen LogP contribution < -0.4 is 10.5 Å². The number of aliphatic carboxylic acids is 1. The van der Waals surface area contributed by atoms with Gasteiger partial charge in [-0.05, 0) is 24.3 Å². The van der Waals surface area contributed by atoms with Gasteiger partial charge in [0.15, 0.2) is 0 Å². The van der Waals surface area contributed by atoms with Gasteiger partial charge in [-0.3, -0.25) is 14.6 Å². The van der Waals surface area contributed by atoms with Gasteiger partial charge in [0.1, 0.15) is 4.70 Å². The molecule has 0 aliphatic carbocycles. The molecule has 0 atom stereocenters. The number of anilines is 1. The predicted molar refractivity (Wildman–Crippen MR) is 72.8 cm³/mol. The van der Waals surface area contributed by atoms with Crippen molar-refractivity contribution in [3.05, 3.63) is 21.8 Å². The van der Waals surface area contributed by atoms with Gasteiger partial charge in [0.2, 0.25) is 5.95 Å². The summed E-state index contributed by atoms with van der Waals surface area (Å²) in [7, 11) is 0. The highest BCUT2D eigenvalue weighted by atomic mass is 32.1. The van der Waals surface area contributed by atoms with Gasteiger partial charge < -0.3 is 10.0 Å². The number of piperidine rings is 1. The van der Waals surface area contributed by atoms with Crippen LogP contribution in [0.2, 0.25) is 0 Å². The molecule has 0 bridgehead atoms. The summed E-state index contributed by atoms with van der Waals surface area (Å²) >= 11 is 1.37. The van der Waals surface area contributed by atoms with Gasteiger partial charge in [-0.1, -0.05) is 0 Å². The number of hydrogen-bond donors (Lipinski definition) is 2. The molecule has 2 aromatic heterocycles. The second kappa shape index (κ2) is 4.65. The molecule has 1 fully saturated rings. The van der Waals surface area contributed by atoms with Gasteiger partial charge in [-0.2, -0.15) is 0 Å². The van der Waals surface area contributed by atoms with Crippen molar-refractivity contribution in [2.75, 3.05) is 18.0 Å². The zero-order valence-electron chi connectivity index (χ0n) is 10.1. The van der Waals surface area contributed by atoms with Crippen LogP contribution in [0, 0.1) is 5.92 Å². The van der Waals surface area contributed by atoms with Crippen LogP contribution in [0.15, 0.2) is 16.2 Å². The minimum Gasteiger partial charge on any atom is -0.481 e. The van der Waals surface area contributed by atoms with E-state index >= 15 is 0 Å². The highest BCUT2D eigenvalue weighted by molar-refractivity contribution is 7.17. The first-order chi connectivity index (χ1) is 9.15. The molecule has 2 N–H and O–H groups in total. The van der Waals surface area contributed by atoms with E-state index in [1.165, 1.54) is 11.3 Å². The quantitative estimate of drug-likeness (QED) is 0.865. The summed E-state index contributed by atoms with van der Waals surface area (Å²) in [6.07, 6.45) is 1.17. The third kappa shape index (κ3) is 2.21. The third-order valence-electron chi connectivity index (χ3n) is 3.45. The molecule has 3 rings (SSSR count). The van der Waals surface area contributed by atoms with Crippen molar-refractivity contribution >= 4 is 33.5 Å². The Morgan fingerprint density at radius 3 is 2.89 bits per heavy atom. The summed E-state index contributed by atoms with van der Waals surface area (Å²) < 4.78 is 0.629. The number of aromatic amines is 1. The van der Waals surface area contributed by atoms with E-state index in [1.807, 2.05) is 16.3 Å². The van der Waals surface area contributed by atoms with Gasteiger partial charge in [-0.15, -0.1) is 11.3 Å². The van der Waals surface area contributed by atoms with Crippen molar-refractivity contribution in [1.29, 1.82) is 0 Å². The topological polar surface area (TPSA) is 86.3 Å². The molecule has 3 heterocycles. The van der Waals surface area contributed by atoms with Gasteiger partial charge >= 0.3 is 5.97 Å². The van der Waals surface area contributed by atoms with Gasteiger partial charge in [0.05, 0.1) is 11.4 Å². The van der Waals surface area contributed by atoms with Crippen LogP contribution in [0.3, 0.4) is 0 Å². The molecule has 0 amide bonds. The molecule has 1 saturated heterocycles. The Balaban J connectivity index is 1.85. The molecule has 0 spiro atoms. The number of carboxylic acids is 1. The van der Waals surface area contributed by atoms with Crippen molar-refractivity contribution in [2.45, 2.75) is 12.8 Å². The van der Waals surface area contributed by atoms with Crippen LogP contribution in [0.25, 0.3) is 10.2 Å². The molecule has 0 saturated carbocycles. The standard InChI is InChI=1S/C12H13N3O3S/c16-10-9-8(3-6-19-9)13-12(14-10)15-4-1-7(2-5-15)11(17)18/h3,6-7H,1-2,4-5H2,(H,17,18)(H,13,14,16). The molecule has 0 radical (unpaired) electrons. The Kier molecular flexibility index (Phi) is 2.98. The number of rotatable bonds is 2.